The molecule has 0 amide bonds. The number of unbranched alkanes of at least 4 members (excludes halogenated alkanes) is 5. The Hall–Kier alpha value is -2.10. The van der Waals surface area contributed by atoms with Gasteiger partial charge in [-0.1, -0.05) is 37.8 Å². The molecule has 4 heteroatoms. The van der Waals surface area contributed by atoms with Crippen molar-refractivity contribution in [2.45, 2.75) is 38.5 Å². The summed E-state index contributed by atoms with van der Waals surface area (Å²) in [4.78, 5) is 8.50. The molecule has 2 heterocycles. The monoisotopic (exact) mass is 298 g/mol. The van der Waals surface area contributed by atoms with E-state index < -0.39 is 0 Å². The van der Waals surface area contributed by atoms with E-state index in [0.29, 0.717) is 0 Å². The SMILES string of the molecule is c1ccc(NCCCCCCCCNc2ccccn2)nc1. The summed E-state index contributed by atoms with van der Waals surface area (Å²) in [7, 11) is 0. The van der Waals surface area contributed by atoms with Crippen LogP contribution in [0.3, 0.4) is 0 Å². The number of hydrogen-bond donors (Lipinski definition) is 2. The van der Waals surface area contributed by atoms with E-state index in [1.807, 2.05) is 48.8 Å². The fourth-order valence-corrected chi connectivity index (χ4v) is 2.32. The molecule has 2 rings (SSSR count). The molecule has 22 heavy (non-hydrogen) atoms. The number of anilines is 2. The minimum Gasteiger partial charge on any atom is -0.370 e. The number of nitrogens with zero attached hydrogens (tertiary/aromatic N) is 2. The van der Waals surface area contributed by atoms with E-state index in [2.05, 4.69) is 20.6 Å². The molecule has 0 unspecified atom stereocenters. The number of pyridine rings is 2. The first-order valence-corrected chi connectivity index (χ1v) is 8.25. The van der Waals surface area contributed by atoms with Crippen molar-refractivity contribution in [2.75, 3.05) is 23.7 Å². The average molecular weight is 298 g/mol. The summed E-state index contributed by atoms with van der Waals surface area (Å²) < 4.78 is 0. The average Bonchev–Trinajstić information content (AvgIpc) is 2.58. The lowest BCUT2D eigenvalue weighted by Crippen LogP contribution is -2.03. The highest BCUT2D eigenvalue weighted by Crippen LogP contribution is 2.07. The molecule has 0 saturated heterocycles. The maximum Gasteiger partial charge on any atom is 0.125 e. The fourth-order valence-electron chi connectivity index (χ4n) is 2.32. The first-order chi connectivity index (χ1) is 10.9. The zero-order valence-electron chi connectivity index (χ0n) is 13.2. The molecule has 0 atom stereocenters. The van der Waals surface area contributed by atoms with Crippen LogP contribution in [0.25, 0.3) is 0 Å². The van der Waals surface area contributed by atoms with Gasteiger partial charge in [0.15, 0.2) is 0 Å². The molecule has 0 radical (unpaired) electrons. The maximum absolute atomic E-state index is 4.25. The van der Waals surface area contributed by atoms with Crippen LogP contribution in [0.4, 0.5) is 11.6 Å². The molecular formula is C18H26N4. The molecule has 0 aliphatic carbocycles. The Morgan fingerprint density at radius 2 is 1.05 bits per heavy atom. The molecule has 0 bridgehead atoms. The van der Waals surface area contributed by atoms with Gasteiger partial charge in [-0.2, -0.15) is 0 Å². The summed E-state index contributed by atoms with van der Waals surface area (Å²) in [5.41, 5.74) is 0. The molecule has 2 aromatic rings. The molecule has 0 aliphatic heterocycles. The molecule has 2 aromatic heterocycles. The molecule has 0 spiro atoms. The predicted octanol–water partition coefficient (Wildman–Crippen LogP) is 4.34. The van der Waals surface area contributed by atoms with Gasteiger partial charge in [-0.05, 0) is 37.1 Å². The van der Waals surface area contributed by atoms with E-state index in [-0.39, 0.29) is 0 Å². The molecule has 0 fully saturated rings. The Kier molecular flexibility index (Phi) is 7.84. The lowest BCUT2D eigenvalue weighted by molar-refractivity contribution is 0.609. The van der Waals surface area contributed by atoms with Gasteiger partial charge in [-0.3, -0.25) is 0 Å². The molecule has 0 saturated carbocycles. The van der Waals surface area contributed by atoms with Crippen LogP contribution in [0.2, 0.25) is 0 Å². The molecule has 118 valence electrons. The number of hydrogen-bond acceptors (Lipinski definition) is 4. The normalized spacial score (nSPS) is 10.4. The molecular weight excluding hydrogens is 272 g/mol. The Morgan fingerprint density at radius 1 is 0.591 bits per heavy atom. The zero-order valence-corrected chi connectivity index (χ0v) is 13.2. The summed E-state index contributed by atoms with van der Waals surface area (Å²) in [5.74, 6) is 1.95. The van der Waals surface area contributed by atoms with Crippen LogP contribution in [0.15, 0.2) is 48.8 Å². The van der Waals surface area contributed by atoms with Gasteiger partial charge in [0, 0.05) is 25.5 Å². The lowest BCUT2D eigenvalue weighted by atomic mass is 10.1. The van der Waals surface area contributed by atoms with E-state index in [1.165, 1.54) is 38.5 Å². The van der Waals surface area contributed by atoms with E-state index in [1.54, 1.807) is 0 Å². The smallest absolute Gasteiger partial charge is 0.125 e. The van der Waals surface area contributed by atoms with Crippen molar-refractivity contribution in [3.63, 3.8) is 0 Å². The fraction of sp³-hybridized carbons (Fsp3) is 0.444. The molecule has 2 N–H and O–H groups in total. The van der Waals surface area contributed by atoms with Gasteiger partial charge in [-0.15, -0.1) is 0 Å². The van der Waals surface area contributed by atoms with Crippen molar-refractivity contribution >= 4 is 11.6 Å². The van der Waals surface area contributed by atoms with Gasteiger partial charge >= 0.3 is 0 Å². The Morgan fingerprint density at radius 3 is 1.45 bits per heavy atom. The van der Waals surface area contributed by atoms with E-state index in [9.17, 15) is 0 Å². The second-order valence-corrected chi connectivity index (χ2v) is 5.40. The predicted molar refractivity (Wildman–Crippen MR) is 93.2 cm³/mol. The van der Waals surface area contributed by atoms with Crippen LogP contribution in [-0.2, 0) is 0 Å². The third-order valence-corrected chi connectivity index (χ3v) is 3.55. The van der Waals surface area contributed by atoms with Crippen LogP contribution < -0.4 is 10.6 Å². The summed E-state index contributed by atoms with van der Waals surface area (Å²) in [6.07, 6.45) is 11.3. The highest BCUT2D eigenvalue weighted by atomic mass is 15.0. The summed E-state index contributed by atoms with van der Waals surface area (Å²) >= 11 is 0. The standard InChI is InChI=1S/C18H26N4/c1(3-7-13-19-17-11-5-9-15-21-17)2-4-8-14-20-18-12-6-10-16-22-18/h5-6,9-12,15-16H,1-4,7-8,13-14H2,(H,19,21)(H,20,22). The Bertz CT molecular complexity index is 439. The van der Waals surface area contributed by atoms with E-state index in [0.717, 1.165) is 24.7 Å². The molecule has 0 aromatic carbocycles. The Labute approximate surface area is 133 Å². The second kappa shape index (κ2) is 10.6. The van der Waals surface area contributed by atoms with Crippen LogP contribution in [0.5, 0.6) is 0 Å². The van der Waals surface area contributed by atoms with Gasteiger partial charge in [0.1, 0.15) is 11.6 Å². The summed E-state index contributed by atoms with van der Waals surface area (Å²) in [6.45, 7) is 2.02. The number of nitrogens with one attached hydrogen (secondary N) is 2. The van der Waals surface area contributed by atoms with Crippen molar-refractivity contribution in [1.82, 2.24) is 9.97 Å². The van der Waals surface area contributed by atoms with Crippen molar-refractivity contribution in [1.29, 1.82) is 0 Å². The summed E-state index contributed by atoms with van der Waals surface area (Å²) in [6, 6.07) is 11.9. The van der Waals surface area contributed by atoms with E-state index in [4.69, 9.17) is 0 Å². The molecule has 4 nitrogen and oxygen atoms in total. The largest absolute Gasteiger partial charge is 0.370 e. The van der Waals surface area contributed by atoms with Crippen LogP contribution in [-0.4, -0.2) is 23.1 Å². The third-order valence-electron chi connectivity index (χ3n) is 3.55. The van der Waals surface area contributed by atoms with Gasteiger partial charge in [0.25, 0.3) is 0 Å². The Balaban J connectivity index is 1.37. The highest BCUT2D eigenvalue weighted by Gasteiger charge is 1.94. The quantitative estimate of drug-likeness (QED) is 0.606. The van der Waals surface area contributed by atoms with Gasteiger partial charge < -0.3 is 10.6 Å². The van der Waals surface area contributed by atoms with Crippen LogP contribution in [0.1, 0.15) is 38.5 Å². The first-order valence-electron chi connectivity index (χ1n) is 8.25. The number of rotatable bonds is 11. The van der Waals surface area contributed by atoms with Crippen molar-refractivity contribution < 1.29 is 0 Å². The summed E-state index contributed by atoms with van der Waals surface area (Å²) in [5, 5.41) is 6.69. The van der Waals surface area contributed by atoms with Gasteiger partial charge in [0.2, 0.25) is 0 Å². The zero-order chi connectivity index (χ0) is 15.3. The molecule has 0 aliphatic rings. The topological polar surface area (TPSA) is 49.8 Å². The second-order valence-electron chi connectivity index (χ2n) is 5.40. The third kappa shape index (κ3) is 7.07. The lowest BCUT2D eigenvalue weighted by Gasteiger charge is -2.06. The van der Waals surface area contributed by atoms with Crippen LogP contribution in [0, 0.1) is 0 Å². The van der Waals surface area contributed by atoms with Gasteiger partial charge in [-0.25, -0.2) is 9.97 Å². The van der Waals surface area contributed by atoms with Crippen molar-refractivity contribution in [2.24, 2.45) is 0 Å². The van der Waals surface area contributed by atoms with Gasteiger partial charge in [0.05, 0.1) is 0 Å². The number of aromatic nitrogens is 2. The minimum absolute atomic E-state index is 0.975. The van der Waals surface area contributed by atoms with E-state index >= 15 is 0 Å². The highest BCUT2D eigenvalue weighted by molar-refractivity contribution is 5.33. The first kappa shape index (κ1) is 16.3. The van der Waals surface area contributed by atoms with Crippen LogP contribution >= 0.6 is 0 Å². The van der Waals surface area contributed by atoms with Crippen molar-refractivity contribution in [3.05, 3.63) is 48.8 Å². The maximum atomic E-state index is 4.25. The van der Waals surface area contributed by atoms with Crippen molar-refractivity contribution in [3.8, 4) is 0 Å². The minimum atomic E-state index is 0.975.